The summed E-state index contributed by atoms with van der Waals surface area (Å²) in [5, 5.41) is 10.4. The Hall–Kier alpha value is -1.99. The van der Waals surface area contributed by atoms with E-state index in [-0.39, 0.29) is 10.7 Å². The van der Waals surface area contributed by atoms with Crippen molar-refractivity contribution in [2.24, 2.45) is 0 Å². The predicted molar refractivity (Wildman–Crippen MR) is 81.4 cm³/mol. The van der Waals surface area contributed by atoms with E-state index in [4.69, 9.17) is 0 Å². The van der Waals surface area contributed by atoms with Gasteiger partial charge in [-0.15, -0.1) is 5.10 Å². The molecular formula is C14H18N4O2S. The Morgan fingerprint density at radius 1 is 1.19 bits per heavy atom. The van der Waals surface area contributed by atoms with Gasteiger partial charge in [-0.2, -0.15) is 5.10 Å². The Bertz CT molecular complexity index is 702. The van der Waals surface area contributed by atoms with E-state index in [1.165, 1.54) is 6.20 Å². The van der Waals surface area contributed by atoms with E-state index in [0.717, 1.165) is 17.5 Å². The van der Waals surface area contributed by atoms with Crippen molar-refractivity contribution in [2.75, 3.05) is 11.8 Å². The van der Waals surface area contributed by atoms with Gasteiger partial charge in [-0.1, -0.05) is 13.0 Å². The molecule has 0 atom stereocenters. The molecule has 0 bridgehead atoms. The molecule has 0 amide bonds. The molecule has 0 radical (unpaired) electrons. The molecule has 2 rings (SSSR count). The van der Waals surface area contributed by atoms with Crippen molar-refractivity contribution in [1.29, 1.82) is 0 Å². The van der Waals surface area contributed by atoms with E-state index in [1.807, 2.05) is 20.0 Å². The van der Waals surface area contributed by atoms with Gasteiger partial charge in [0.25, 0.3) is 10.0 Å². The first-order valence-corrected chi connectivity index (χ1v) is 8.12. The third-order valence-corrected chi connectivity index (χ3v) is 4.40. The summed E-state index contributed by atoms with van der Waals surface area (Å²) in [5.41, 5.74) is 2.10. The minimum absolute atomic E-state index is 0.201. The first-order valence-electron chi connectivity index (χ1n) is 6.63. The van der Waals surface area contributed by atoms with Gasteiger partial charge in [0.2, 0.25) is 0 Å². The lowest BCUT2D eigenvalue weighted by molar-refractivity contribution is 0.600. The fraction of sp³-hybridized carbons (Fsp3) is 0.286. The van der Waals surface area contributed by atoms with Gasteiger partial charge >= 0.3 is 0 Å². The first kappa shape index (κ1) is 15.4. The van der Waals surface area contributed by atoms with E-state index in [2.05, 4.69) is 20.2 Å². The molecule has 0 aliphatic carbocycles. The largest absolute Gasteiger partial charge is 0.316 e. The van der Waals surface area contributed by atoms with Crippen molar-refractivity contribution in [2.45, 2.75) is 24.8 Å². The quantitative estimate of drug-likeness (QED) is 0.846. The van der Waals surface area contributed by atoms with Crippen molar-refractivity contribution in [3.8, 4) is 0 Å². The van der Waals surface area contributed by atoms with Gasteiger partial charge in [-0.05, 0) is 48.9 Å². The highest BCUT2D eigenvalue weighted by molar-refractivity contribution is 7.92. The van der Waals surface area contributed by atoms with Gasteiger partial charge in [-0.25, -0.2) is 8.42 Å². The summed E-state index contributed by atoms with van der Waals surface area (Å²) < 4.78 is 27.1. The number of hydrogen-bond donors (Lipinski definition) is 2. The number of aryl methyl sites for hydroxylation is 1. The fourth-order valence-electron chi connectivity index (χ4n) is 2.02. The maximum absolute atomic E-state index is 12.4. The fourth-order valence-corrected chi connectivity index (χ4v) is 3.07. The molecule has 1 aromatic heterocycles. The standard InChI is InChI=1S/C14H18N4O2S/c1-3-11-6-7-13(9-12(11)10-15-2)21(19,20)18-14-5-4-8-16-17-14/h4-9,15H,3,10H2,1-2H3,(H,17,18). The van der Waals surface area contributed by atoms with Crippen LogP contribution in [0, 0.1) is 0 Å². The average Bonchev–Trinajstić information content (AvgIpc) is 2.48. The highest BCUT2D eigenvalue weighted by Gasteiger charge is 2.16. The molecule has 1 heterocycles. The summed E-state index contributed by atoms with van der Waals surface area (Å²) in [6, 6.07) is 8.32. The van der Waals surface area contributed by atoms with Crippen LogP contribution in [0.3, 0.4) is 0 Å². The van der Waals surface area contributed by atoms with Crippen molar-refractivity contribution in [3.63, 3.8) is 0 Å². The average molecular weight is 306 g/mol. The molecule has 0 aliphatic heterocycles. The highest BCUT2D eigenvalue weighted by atomic mass is 32.2. The number of nitrogens with one attached hydrogen (secondary N) is 2. The minimum atomic E-state index is -3.66. The van der Waals surface area contributed by atoms with Crippen molar-refractivity contribution in [3.05, 3.63) is 47.7 Å². The zero-order chi connectivity index (χ0) is 15.3. The van der Waals surface area contributed by atoms with Crippen LogP contribution >= 0.6 is 0 Å². The third kappa shape index (κ3) is 3.77. The topological polar surface area (TPSA) is 84.0 Å². The van der Waals surface area contributed by atoms with Crippen molar-refractivity contribution in [1.82, 2.24) is 15.5 Å². The Morgan fingerprint density at radius 2 is 2.00 bits per heavy atom. The molecule has 2 aromatic rings. The molecule has 0 aliphatic rings. The number of nitrogens with zero attached hydrogens (tertiary/aromatic N) is 2. The summed E-state index contributed by atoms with van der Waals surface area (Å²) in [4.78, 5) is 0.218. The molecule has 0 saturated heterocycles. The van der Waals surface area contributed by atoms with Gasteiger partial charge in [0.15, 0.2) is 5.82 Å². The molecule has 0 unspecified atom stereocenters. The minimum Gasteiger partial charge on any atom is -0.316 e. The third-order valence-electron chi connectivity index (χ3n) is 3.05. The number of rotatable bonds is 6. The second-order valence-electron chi connectivity index (χ2n) is 4.53. The molecule has 112 valence electrons. The van der Waals surface area contributed by atoms with E-state index in [9.17, 15) is 8.42 Å². The lowest BCUT2D eigenvalue weighted by atomic mass is 10.1. The molecule has 0 fully saturated rings. The number of sulfonamides is 1. The summed E-state index contributed by atoms with van der Waals surface area (Å²) in [6.07, 6.45) is 2.34. The lowest BCUT2D eigenvalue weighted by Crippen LogP contribution is -2.15. The van der Waals surface area contributed by atoms with Crippen LogP contribution in [0.2, 0.25) is 0 Å². The zero-order valence-corrected chi connectivity index (χ0v) is 12.8. The molecule has 1 aromatic carbocycles. The van der Waals surface area contributed by atoms with E-state index < -0.39 is 10.0 Å². The first-order chi connectivity index (χ1) is 10.1. The Balaban J connectivity index is 2.34. The highest BCUT2D eigenvalue weighted by Crippen LogP contribution is 2.19. The Morgan fingerprint density at radius 3 is 2.62 bits per heavy atom. The van der Waals surface area contributed by atoms with Crippen LogP contribution in [0.1, 0.15) is 18.1 Å². The molecule has 2 N–H and O–H groups in total. The van der Waals surface area contributed by atoms with Crippen LogP contribution in [0.5, 0.6) is 0 Å². The number of aromatic nitrogens is 2. The zero-order valence-electron chi connectivity index (χ0n) is 12.0. The second-order valence-corrected chi connectivity index (χ2v) is 6.21. The van der Waals surface area contributed by atoms with Crippen LogP contribution in [0.15, 0.2) is 41.4 Å². The van der Waals surface area contributed by atoms with Crippen molar-refractivity contribution < 1.29 is 8.42 Å². The molecule has 6 nitrogen and oxygen atoms in total. The summed E-state index contributed by atoms with van der Waals surface area (Å²) in [7, 11) is -1.83. The maximum Gasteiger partial charge on any atom is 0.263 e. The Labute approximate surface area is 124 Å². The smallest absolute Gasteiger partial charge is 0.263 e. The van der Waals surface area contributed by atoms with Crippen LogP contribution in [0.4, 0.5) is 5.82 Å². The molecule has 7 heteroatoms. The molecular weight excluding hydrogens is 288 g/mol. The SMILES string of the molecule is CCc1ccc(S(=O)(=O)Nc2cccnn2)cc1CNC. The van der Waals surface area contributed by atoms with Gasteiger partial charge in [0.05, 0.1) is 4.90 Å². The second kappa shape index (κ2) is 6.64. The summed E-state index contributed by atoms with van der Waals surface area (Å²) in [6.45, 7) is 2.66. The van der Waals surface area contributed by atoms with Crippen LogP contribution in [0.25, 0.3) is 0 Å². The van der Waals surface area contributed by atoms with Gasteiger partial charge in [0.1, 0.15) is 0 Å². The number of anilines is 1. The van der Waals surface area contributed by atoms with E-state index in [0.29, 0.717) is 6.54 Å². The normalized spacial score (nSPS) is 11.3. The van der Waals surface area contributed by atoms with Gasteiger partial charge < -0.3 is 5.32 Å². The van der Waals surface area contributed by atoms with Crippen LogP contribution in [-0.2, 0) is 23.0 Å². The monoisotopic (exact) mass is 306 g/mol. The molecule has 0 spiro atoms. The van der Waals surface area contributed by atoms with Crippen LogP contribution in [-0.4, -0.2) is 25.7 Å². The van der Waals surface area contributed by atoms with Crippen molar-refractivity contribution >= 4 is 15.8 Å². The van der Waals surface area contributed by atoms with Gasteiger partial charge in [-0.3, -0.25) is 4.72 Å². The number of hydrogen-bond acceptors (Lipinski definition) is 5. The summed E-state index contributed by atoms with van der Waals surface area (Å²) in [5.74, 6) is 0.201. The Kier molecular flexibility index (Phi) is 4.87. The molecule has 21 heavy (non-hydrogen) atoms. The molecule has 0 saturated carbocycles. The maximum atomic E-state index is 12.4. The van der Waals surface area contributed by atoms with Gasteiger partial charge in [0, 0.05) is 12.7 Å². The number of benzene rings is 1. The van der Waals surface area contributed by atoms with E-state index >= 15 is 0 Å². The van der Waals surface area contributed by atoms with E-state index in [1.54, 1.807) is 24.3 Å². The predicted octanol–water partition coefficient (Wildman–Crippen LogP) is 1.56. The summed E-state index contributed by atoms with van der Waals surface area (Å²) >= 11 is 0. The van der Waals surface area contributed by atoms with Crippen LogP contribution < -0.4 is 10.0 Å². The lowest BCUT2D eigenvalue weighted by Gasteiger charge is -2.11.